The molecule has 6 N–H and O–H groups in total. The number of aromatic hydroxyl groups is 2. The van der Waals surface area contributed by atoms with Gasteiger partial charge in [0.2, 0.25) is 15.8 Å². The first-order valence-electron chi connectivity index (χ1n) is 15.6. The van der Waals surface area contributed by atoms with Crippen LogP contribution in [0.5, 0.6) is 23.0 Å². The Balaban J connectivity index is 1.46. The van der Waals surface area contributed by atoms with Gasteiger partial charge >= 0.3 is 0 Å². The molecule has 2 atom stereocenters. The summed E-state index contributed by atoms with van der Waals surface area (Å²) in [4.78, 5) is 36.2. The van der Waals surface area contributed by atoms with Gasteiger partial charge in [0.15, 0.2) is 23.0 Å². The van der Waals surface area contributed by atoms with Crippen molar-refractivity contribution in [2.75, 3.05) is 37.9 Å². The zero-order chi connectivity index (χ0) is 37.0. The highest BCUT2D eigenvalue weighted by Gasteiger charge is 2.57. The van der Waals surface area contributed by atoms with Gasteiger partial charge in [0.1, 0.15) is 11.4 Å². The van der Waals surface area contributed by atoms with Crippen LogP contribution in [-0.4, -0.2) is 63.1 Å². The Bertz CT molecular complexity index is 1980. The van der Waals surface area contributed by atoms with Crippen molar-refractivity contribution in [2.45, 2.75) is 9.99 Å². The number of hydrogen-bond donors (Lipinski definition) is 6. The normalized spacial score (nSPS) is 21.2. The number of rotatable bonds is 12. The molecule has 0 amide bonds. The van der Waals surface area contributed by atoms with Crippen LogP contribution in [-0.2, 0) is 4.79 Å². The summed E-state index contributed by atoms with van der Waals surface area (Å²) in [5, 5.41) is 57.2. The lowest BCUT2D eigenvalue weighted by Gasteiger charge is -2.38. The summed E-state index contributed by atoms with van der Waals surface area (Å²) < 4.78 is 10.5. The van der Waals surface area contributed by atoms with E-state index in [0.29, 0.717) is 20.9 Å². The molecule has 17 heteroatoms. The molecule has 0 spiro atoms. The molecule has 0 saturated carbocycles. The van der Waals surface area contributed by atoms with Crippen LogP contribution in [0.2, 0.25) is 0 Å². The first-order chi connectivity index (χ1) is 25.0. The minimum atomic E-state index is -1.77. The quantitative estimate of drug-likeness (QED) is 0.0716. The number of thioether (sulfide) groups is 2. The predicted molar refractivity (Wildman–Crippen MR) is 200 cm³/mol. The van der Waals surface area contributed by atoms with Gasteiger partial charge in [-0.1, -0.05) is 59.9 Å². The summed E-state index contributed by atoms with van der Waals surface area (Å²) in [5.41, 5.74) is 0.889. The maximum absolute atomic E-state index is 15.4. The van der Waals surface area contributed by atoms with E-state index >= 15 is 4.79 Å². The molecule has 268 valence electrons. The van der Waals surface area contributed by atoms with Crippen molar-refractivity contribution in [3.8, 4) is 23.0 Å². The number of ketones is 1. The van der Waals surface area contributed by atoms with E-state index in [9.17, 15) is 30.4 Å². The molecule has 0 aliphatic carbocycles. The Morgan fingerprint density at radius 2 is 1.13 bits per heavy atom. The number of carbonyl (C=O) groups excluding carboxylic acids is 1. The molecule has 6 rings (SSSR count). The fraction of sp³-hybridized carbons (Fsp3) is 0.171. The van der Waals surface area contributed by atoms with Gasteiger partial charge < -0.3 is 30.3 Å². The second-order valence-electron chi connectivity index (χ2n) is 11.5. The highest BCUT2D eigenvalue weighted by atomic mass is 32.2. The lowest BCUT2D eigenvalue weighted by Crippen LogP contribution is -2.65. The van der Waals surface area contributed by atoms with E-state index in [0.717, 1.165) is 23.5 Å². The van der Waals surface area contributed by atoms with Gasteiger partial charge in [-0.05, 0) is 59.7 Å². The maximum atomic E-state index is 15.4. The van der Waals surface area contributed by atoms with Crippen LogP contribution in [0, 0.1) is 20.2 Å². The third-order valence-corrected chi connectivity index (χ3v) is 10.6. The Labute approximate surface area is 305 Å². The van der Waals surface area contributed by atoms with Crippen LogP contribution in [0.25, 0.3) is 12.2 Å². The lowest BCUT2D eigenvalue weighted by atomic mass is 10.1. The fourth-order valence-corrected chi connectivity index (χ4v) is 8.30. The third kappa shape index (κ3) is 7.33. The summed E-state index contributed by atoms with van der Waals surface area (Å²) in [6.45, 7) is 0.297. The second kappa shape index (κ2) is 14.8. The number of ether oxygens (including phenoxy) is 2. The summed E-state index contributed by atoms with van der Waals surface area (Å²) >= 11 is 2.17. The Morgan fingerprint density at radius 1 is 0.731 bits per heavy atom. The van der Waals surface area contributed by atoms with E-state index in [1.54, 1.807) is 48.6 Å². The van der Waals surface area contributed by atoms with Gasteiger partial charge in [-0.3, -0.25) is 35.7 Å². The molecule has 0 radical (unpaired) electrons. The number of methoxy groups -OCH3 is 2. The van der Waals surface area contributed by atoms with Crippen molar-refractivity contribution >= 4 is 64.2 Å². The number of phenols is 2. The van der Waals surface area contributed by atoms with Crippen LogP contribution in [0.15, 0.2) is 94.7 Å². The Hall–Kier alpha value is -5.75. The highest BCUT2D eigenvalue weighted by Crippen LogP contribution is 2.48. The number of nitrogens with zero attached hydrogens (tertiary/aromatic N) is 2. The minimum absolute atomic E-state index is 0.0496. The number of benzene rings is 4. The van der Waals surface area contributed by atoms with Crippen LogP contribution >= 0.6 is 23.5 Å². The summed E-state index contributed by atoms with van der Waals surface area (Å²) in [7, 11) is 2.85. The third-order valence-electron chi connectivity index (χ3n) is 8.12. The standard InChI is InChI=1S/C35H32N6O9S2/c1-49-31-17-21(11-13-29(31)42)15-23-19-36-34(51-23,38-25-7-3-5-9-27(25)40(45)46)33(44)35(39-26-8-4-6-10-28(26)41(47)48)37-20-24(52-35)16-22-12-14-30(43)32(18-22)50-2/h3-18,36-39,42-43H,19-20H2,1-2H3. The first-order valence-corrected chi connectivity index (χ1v) is 17.2. The predicted octanol–water partition coefficient (Wildman–Crippen LogP) is 6.09. The highest BCUT2D eigenvalue weighted by molar-refractivity contribution is 8.07. The number of anilines is 2. The molecule has 4 aromatic rings. The van der Waals surface area contributed by atoms with E-state index in [2.05, 4.69) is 21.3 Å². The topological polar surface area (TPSA) is 210 Å². The zero-order valence-electron chi connectivity index (χ0n) is 27.6. The van der Waals surface area contributed by atoms with Gasteiger partial charge in [0, 0.05) is 35.0 Å². The molecular weight excluding hydrogens is 713 g/mol. The van der Waals surface area contributed by atoms with Gasteiger partial charge in [-0.15, -0.1) is 0 Å². The lowest BCUT2D eigenvalue weighted by molar-refractivity contribution is -0.384. The van der Waals surface area contributed by atoms with Gasteiger partial charge in [0.25, 0.3) is 11.4 Å². The van der Waals surface area contributed by atoms with Gasteiger partial charge in [-0.25, -0.2) is 0 Å². The number of phenolic OH excluding ortho intramolecular Hbond substituents is 2. The second-order valence-corrected chi connectivity index (χ2v) is 14.2. The van der Waals surface area contributed by atoms with Crippen molar-refractivity contribution in [2.24, 2.45) is 0 Å². The van der Waals surface area contributed by atoms with Gasteiger partial charge in [-0.2, -0.15) is 0 Å². The van der Waals surface area contributed by atoms with Crippen LogP contribution < -0.4 is 30.7 Å². The van der Waals surface area contributed by atoms with Crippen molar-refractivity contribution in [1.29, 1.82) is 0 Å². The smallest absolute Gasteiger partial charge is 0.292 e. The van der Waals surface area contributed by atoms with Crippen LogP contribution in [0.3, 0.4) is 0 Å². The van der Waals surface area contributed by atoms with Crippen molar-refractivity contribution in [1.82, 2.24) is 10.6 Å². The maximum Gasteiger partial charge on any atom is 0.292 e. The summed E-state index contributed by atoms with van der Waals surface area (Å²) in [6, 6.07) is 21.4. The number of hydrogen-bond acceptors (Lipinski definition) is 15. The van der Waals surface area contributed by atoms with E-state index in [-0.39, 0.29) is 58.8 Å². The molecule has 0 aromatic heterocycles. The molecule has 52 heavy (non-hydrogen) atoms. The van der Waals surface area contributed by atoms with Crippen molar-refractivity contribution in [3.05, 3.63) is 126 Å². The number of para-hydroxylation sites is 4. The van der Waals surface area contributed by atoms with E-state index in [1.807, 2.05) is 0 Å². The summed E-state index contributed by atoms with van der Waals surface area (Å²) in [6.07, 6.45) is 3.58. The monoisotopic (exact) mass is 744 g/mol. The number of nitro groups is 2. The van der Waals surface area contributed by atoms with Crippen LogP contribution in [0.1, 0.15) is 11.1 Å². The zero-order valence-corrected chi connectivity index (χ0v) is 29.2. The number of nitrogens with one attached hydrogen (secondary N) is 4. The molecule has 4 aromatic carbocycles. The SMILES string of the molecule is COc1cc(C=C2CNC(Nc3ccccc3[N+](=O)[O-])(C(=O)C3(Nc4ccccc4[N+](=O)[O-])NCC(=Cc4ccc(O)c(OC)c4)S3)S2)ccc1O. The minimum Gasteiger partial charge on any atom is -0.504 e. The summed E-state index contributed by atoms with van der Waals surface area (Å²) in [5.74, 6) is -0.187. The Kier molecular flexibility index (Phi) is 10.3. The molecule has 2 saturated heterocycles. The molecule has 2 heterocycles. The van der Waals surface area contributed by atoms with E-state index in [1.165, 1.54) is 62.8 Å². The van der Waals surface area contributed by atoms with Crippen molar-refractivity contribution < 1.29 is 34.3 Å². The van der Waals surface area contributed by atoms with Crippen molar-refractivity contribution in [3.63, 3.8) is 0 Å². The van der Waals surface area contributed by atoms with E-state index < -0.39 is 25.6 Å². The Morgan fingerprint density at radius 3 is 1.52 bits per heavy atom. The molecular formula is C35H32N6O9S2. The average Bonchev–Trinajstić information content (AvgIpc) is 3.74. The first kappa shape index (κ1) is 36.1. The molecule has 2 aliphatic heterocycles. The molecule has 15 nitrogen and oxygen atoms in total. The molecule has 2 unspecified atom stereocenters. The molecule has 2 fully saturated rings. The number of carbonyl (C=O) groups is 1. The fourth-order valence-electron chi connectivity index (χ4n) is 5.67. The van der Waals surface area contributed by atoms with Crippen LogP contribution in [0.4, 0.5) is 22.7 Å². The number of nitro benzene ring substituents is 2. The molecule has 2 aliphatic rings. The van der Waals surface area contributed by atoms with E-state index in [4.69, 9.17) is 9.47 Å². The number of Topliss-reactive ketones (excluding diaryl/α,β-unsaturated/α-hetero) is 1. The largest absolute Gasteiger partial charge is 0.504 e. The van der Waals surface area contributed by atoms with Gasteiger partial charge in [0.05, 0.1) is 24.1 Å². The molecule has 0 bridgehead atoms. The average molecular weight is 745 g/mol.